The van der Waals surface area contributed by atoms with E-state index in [-0.39, 0.29) is 17.9 Å². The van der Waals surface area contributed by atoms with E-state index in [9.17, 15) is 14.4 Å². The van der Waals surface area contributed by atoms with E-state index in [1.54, 1.807) is 18.2 Å². The summed E-state index contributed by atoms with van der Waals surface area (Å²) < 4.78 is 5.29. The highest BCUT2D eigenvalue weighted by Gasteiger charge is 2.24. The van der Waals surface area contributed by atoms with Gasteiger partial charge in [0.05, 0.1) is 12.0 Å². The second kappa shape index (κ2) is 7.68. The van der Waals surface area contributed by atoms with Gasteiger partial charge >= 0.3 is 11.9 Å². The molecule has 0 aliphatic carbocycles. The minimum atomic E-state index is -1.51. The molecule has 7 heteroatoms. The summed E-state index contributed by atoms with van der Waals surface area (Å²) >= 11 is 0. The summed E-state index contributed by atoms with van der Waals surface area (Å²) in [5.74, 6) is -3.20. The Balaban J connectivity index is 2.89. The number of ether oxygens (including phenoxy) is 1. The summed E-state index contributed by atoms with van der Waals surface area (Å²) in [7, 11) is 0. The Morgan fingerprint density at radius 1 is 1.29 bits per heavy atom. The molecule has 0 spiro atoms. The van der Waals surface area contributed by atoms with Gasteiger partial charge in [0.1, 0.15) is 18.4 Å². The normalized spacial score (nSPS) is 11.2. The molecule has 0 fully saturated rings. The van der Waals surface area contributed by atoms with Crippen LogP contribution in [0.2, 0.25) is 0 Å². The number of benzene rings is 1. The molecule has 1 amide bonds. The minimum absolute atomic E-state index is 0.121. The maximum absolute atomic E-state index is 12.1. The fraction of sp³-hybridized carbons (Fsp3) is 0.214. The summed E-state index contributed by atoms with van der Waals surface area (Å²) in [4.78, 5) is 33.6. The summed E-state index contributed by atoms with van der Waals surface area (Å²) in [6.45, 7) is 3.67. The van der Waals surface area contributed by atoms with Gasteiger partial charge in [-0.2, -0.15) is 0 Å². The van der Waals surface area contributed by atoms with Crippen LogP contribution in [-0.2, 0) is 9.59 Å². The predicted molar refractivity (Wildman–Crippen MR) is 73.3 cm³/mol. The number of rotatable bonds is 8. The standard InChI is InChI=1S/C14H15NO6/c1-2-7-21-11-6-4-3-5-9(11)13(18)15-10(14(19)20)8-12(16)17/h2-6,10H,1,7-8H2,(H,15,18)(H,16,17)(H,19,20)/t10-/m1/s1. The Labute approximate surface area is 120 Å². The van der Waals surface area contributed by atoms with Crippen molar-refractivity contribution >= 4 is 17.8 Å². The summed E-state index contributed by atoms with van der Waals surface area (Å²) in [5, 5.41) is 19.7. The monoisotopic (exact) mass is 293 g/mol. The van der Waals surface area contributed by atoms with Crippen LogP contribution in [0.5, 0.6) is 5.75 Å². The van der Waals surface area contributed by atoms with Gasteiger partial charge in [-0.05, 0) is 12.1 Å². The number of carbonyl (C=O) groups excluding carboxylic acids is 1. The number of hydrogen-bond acceptors (Lipinski definition) is 4. The van der Waals surface area contributed by atoms with Crippen LogP contribution in [0, 0.1) is 0 Å². The Hall–Kier alpha value is -2.83. The van der Waals surface area contributed by atoms with Crippen molar-refractivity contribution in [3.63, 3.8) is 0 Å². The molecule has 0 aliphatic heterocycles. The highest BCUT2D eigenvalue weighted by molar-refractivity contribution is 5.99. The van der Waals surface area contributed by atoms with Crippen LogP contribution < -0.4 is 10.1 Å². The molecule has 1 aromatic rings. The number of para-hydroxylation sites is 1. The molecule has 0 saturated carbocycles. The first-order valence-corrected chi connectivity index (χ1v) is 6.04. The smallest absolute Gasteiger partial charge is 0.326 e. The van der Waals surface area contributed by atoms with E-state index >= 15 is 0 Å². The molecule has 112 valence electrons. The van der Waals surface area contributed by atoms with Crippen LogP contribution in [0.25, 0.3) is 0 Å². The number of carboxylic acids is 2. The number of aliphatic carboxylic acids is 2. The largest absolute Gasteiger partial charge is 0.489 e. The van der Waals surface area contributed by atoms with Gasteiger partial charge in [0, 0.05) is 0 Å². The van der Waals surface area contributed by atoms with E-state index in [1.807, 2.05) is 0 Å². The van der Waals surface area contributed by atoms with E-state index in [0.29, 0.717) is 0 Å². The molecular formula is C14H15NO6. The first-order valence-electron chi connectivity index (χ1n) is 6.04. The van der Waals surface area contributed by atoms with E-state index in [1.165, 1.54) is 12.1 Å². The highest BCUT2D eigenvalue weighted by atomic mass is 16.5. The van der Waals surface area contributed by atoms with Gasteiger partial charge in [0.25, 0.3) is 5.91 Å². The zero-order valence-electron chi connectivity index (χ0n) is 11.1. The summed E-state index contributed by atoms with van der Waals surface area (Å²) in [5.41, 5.74) is 0.121. The highest BCUT2D eigenvalue weighted by Crippen LogP contribution is 2.18. The van der Waals surface area contributed by atoms with Gasteiger partial charge in [0.2, 0.25) is 0 Å². The number of carboxylic acid groups (broad SMARTS) is 2. The Kier molecular flexibility index (Phi) is 5.94. The zero-order chi connectivity index (χ0) is 15.8. The lowest BCUT2D eigenvalue weighted by Crippen LogP contribution is -2.42. The average Bonchev–Trinajstić information content (AvgIpc) is 2.44. The molecule has 1 rings (SSSR count). The minimum Gasteiger partial charge on any atom is -0.489 e. The van der Waals surface area contributed by atoms with E-state index in [2.05, 4.69) is 11.9 Å². The lowest BCUT2D eigenvalue weighted by Gasteiger charge is -2.14. The van der Waals surface area contributed by atoms with Gasteiger partial charge in [0.15, 0.2) is 0 Å². The maximum atomic E-state index is 12.1. The SMILES string of the molecule is C=CCOc1ccccc1C(=O)N[C@H](CC(=O)O)C(=O)O. The van der Waals surface area contributed by atoms with Crippen LogP contribution in [-0.4, -0.2) is 40.7 Å². The first kappa shape index (κ1) is 16.2. The van der Waals surface area contributed by atoms with Crippen molar-refractivity contribution in [3.8, 4) is 5.75 Å². The molecule has 0 saturated heterocycles. The lowest BCUT2D eigenvalue weighted by molar-refractivity contribution is -0.145. The van der Waals surface area contributed by atoms with Crippen molar-refractivity contribution in [1.29, 1.82) is 0 Å². The van der Waals surface area contributed by atoms with Crippen LogP contribution in [0.3, 0.4) is 0 Å². The topological polar surface area (TPSA) is 113 Å². The Bertz CT molecular complexity index is 554. The van der Waals surface area contributed by atoms with Crippen LogP contribution in [0.15, 0.2) is 36.9 Å². The van der Waals surface area contributed by atoms with Crippen LogP contribution in [0.4, 0.5) is 0 Å². The molecule has 0 bridgehead atoms. The molecule has 0 aromatic heterocycles. The van der Waals surface area contributed by atoms with Gasteiger partial charge in [-0.15, -0.1) is 0 Å². The van der Waals surface area contributed by atoms with Crippen molar-refractivity contribution in [2.75, 3.05) is 6.61 Å². The Morgan fingerprint density at radius 3 is 2.52 bits per heavy atom. The number of amides is 1. The predicted octanol–water partition coefficient (Wildman–Crippen LogP) is 0.909. The van der Waals surface area contributed by atoms with Crippen LogP contribution >= 0.6 is 0 Å². The molecule has 1 aromatic carbocycles. The van der Waals surface area contributed by atoms with Crippen molar-refractivity contribution in [2.24, 2.45) is 0 Å². The Morgan fingerprint density at radius 2 is 1.95 bits per heavy atom. The van der Waals surface area contributed by atoms with Crippen molar-refractivity contribution < 1.29 is 29.3 Å². The molecule has 0 heterocycles. The molecule has 0 radical (unpaired) electrons. The van der Waals surface area contributed by atoms with Crippen molar-refractivity contribution in [2.45, 2.75) is 12.5 Å². The quantitative estimate of drug-likeness (QED) is 0.614. The third kappa shape index (κ3) is 4.98. The number of nitrogens with one attached hydrogen (secondary N) is 1. The van der Waals surface area contributed by atoms with E-state index in [0.717, 1.165) is 0 Å². The van der Waals surface area contributed by atoms with Crippen LogP contribution in [0.1, 0.15) is 16.8 Å². The molecular weight excluding hydrogens is 278 g/mol. The van der Waals surface area contributed by atoms with Crippen molar-refractivity contribution in [3.05, 3.63) is 42.5 Å². The van der Waals surface area contributed by atoms with Gasteiger partial charge in [-0.25, -0.2) is 4.79 Å². The molecule has 21 heavy (non-hydrogen) atoms. The molecule has 0 unspecified atom stereocenters. The molecule has 3 N–H and O–H groups in total. The van der Waals surface area contributed by atoms with E-state index in [4.69, 9.17) is 14.9 Å². The molecule has 7 nitrogen and oxygen atoms in total. The summed E-state index contributed by atoms with van der Waals surface area (Å²) in [6.07, 6.45) is 0.788. The van der Waals surface area contributed by atoms with Gasteiger partial charge in [-0.1, -0.05) is 24.8 Å². The fourth-order valence-corrected chi connectivity index (χ4v) is 1.54. The zero-order valence-corrected chi connectivity index (χ0v) is 11.1. The third-order valence-corrected chi connectivity index (χ3v) is 2.47. The number of hydrogen-bond donors (Lipinski definition) is 3. The fourth-order valence-electron chi connectivity index (χ4n) is 1.54. The number of carbonyl (C=O) groups is 3. The summed E-state index contributed by atoms with van der Waals surface area (Å²) in [6, 6.07) is 4.73. The molecule has 0 aliphatic rings. The van der Waals surface area contributed by atoms with Gasteiger partial charge in [-0.3, -0.25) is 9.59 Å². The first-order chi connectivity index (χ1) is 9.95. The molecule has 1 atom stereocenters. The second-order valence-corrected chi connectivity index (χ2v) is 4.06. The van der Waals surface area contributed by atoms with Gasteiger partial charge < -0.3 is 20.3 Å². The lowest BCUT2D eigenvalue weighted by atomic mass is 10.1. The van der Waals surface area contributed by atoms with Crippen molar-refractivity contribution in [1.82, 2.24) is 5.32 Å². The third-order valence-electron chi connectivity index (χ3n) is 2.47. The average molecular weight is 293 g/mol. The second-order valence-electron chi connectivity index (χ2n) is 4.06. The van der Waals surface area contributed by atoms with E-state index < -0.39 is 30.3 Å². The maximum Gasteiger partial charge on any atom is 0.326 e.